The Hall–Kier alpha value is -1.09. The number of nitrogens with one attached hydrogen (secondary N) is 1. The highest BCUT2D eigenvalue weighted by molar-refractivity contribution is 5.44. The maximum absolute atomic E-state index is 4.82. The maximum Gasteiger partial charge on any atom is 0.129 e. The van der Waals surface area contributed by atoms with E-state index >= 15 is 0 Å². The van der Waals surface area contributed by atoms with E-state index in [1.54, 1.807) is 0 Å². The van der Waals surface area contributed by atoms with E-state index in [0.717, 1.165) is 26.2 Å². The van der Waals surface area contributed by atoms with E-state index in [1.807, 2.05) is 0 Å². The van der Waals surface area contributed by atoms with Gasteiger partial charge in [0.15, 0.2) is 0 Å². The van der Waals surface area contributed by atoms with Crippen LogP contribution in [0.15, 0.2) is 12.1 Å². The predicted octanol–water partition coefficient (Wildman–Crippen LogP) is 2.91. The van der Waals surface area contributed by atoms with Gasteiger partial charge in [-0.1, -0.05) is 20.8 Å². The molecule has 1 aliphatic rings. The highest BCUT2D eigenvalue weighted by Gasteiger charge is 2.15. The molecule has 0 aromatic carbocycles. The summed E-state index contributed by atoms with van der Waals surface area (Å²) in [5.74, 6) is 1.67. The first-order valence-corrected chi connectivity index (χ1v) is 7.17. The van der Waals surface area contributed by atoms with Crippen LogP contribution in [-0.4, -0.2) is 24.6 Å². The first-order valence-electron chi connectivity index (χ1n) is 7.17. The summed E-state index contributed by atoms with van der Waals surface area (Å²) >= 11 is 0. The summed E-state index contributed by atoms with van der Waals surface area (Å²) in [6.45, 7) is 10.9. The summed E-state index contributed by atoms with van der Waals surface area (Å²) < 4.78 is 0. The average molecular weight is 247 g/mol. The Morgan fingerprint density at radius 1 is 1.28 bits per heavy atom. The van der Waals surface area contributed by atoms with Crippen LogP contribution in [0.3, 0.4) is 0 Å². The lowest BCUT2D eigenvalue weighted by molar-refractivity contribution is 0.719. The van der Waals surface area contributed by atoms with Gasteiger partial charge in [0.2, 0.25) is 0 Å². The second kappa shape index (κ2) is 6.19. The number of rotatable bonds is 5. The van der Waals surface area contributed by atoms with Gasteiger partial charge in [-0.2, -0.15) is 0 Å². The van der Waals surface area contributed by atoms with Gasteiger partial charge in [0.05, 0.1) is 0 Å². The Balaban J connectivity index is 2.23. The third-order valence-corrected chi connectivity index (χ3v) is 3.49. The molecule has 100 valence electrons. The summed E-state index contributed by atoms with van der Waals surface area (Å²) in [4.78, 5) is 7.24. The van der Waals surface area contributed by atoms with Crippen LogP contribution in [0.5, 0.6) is 0 Å². The summed E-state index contributed by atoms with van der Waals surface area (Å²) in [5.41, 5.74) is 2.57. The van der Waals surface area contributed by atoms with Crippen LogP contribution >= 0.6 is 0 Å². The lowest BCUT2D eigenvalue weighted by Gasteiger charge is -2.19. The molecule has 3 heteroatoms. The van der Waals surface area contributed by atoms with Crippen molar-refractivity contribution in [3.8, 4) is 0 Å². The summed E-state index contributed by atoms with van der Waals surface area (Å²) in [6, 6.07) is 4.49. The first-order chi connectivity index (χ1) is 8.70. The van der Waals surface area contributed by atoms with Gasteiger partial charge in [0.1, 0.15) is 5.82 Å². The standard InChI is InChI=1S/C15H25N3/c1-4-16-11-13-9-14(12(2)3)17-15(10-13)18-7-5-6-8-18/h9-10,12,16H,4-8,11H2,1-3H3. The van der Waals surface area contributed by atoms with Crippen LogP contribution in [0, 0.1) is 0 Å². The van der Waals surface area contributed by atoms with Gasteiger partial charge in [0.25, 0.3) is 0 Å². The molecule has 0 saturated carbocycles. The molecule has 0 bridgehead atoms. The van der Waals surface area contributed by atoms with Crippen LogP contribution in [0.25, 0.3) is 0 Å². The van der Waals surface area contributed by atoms with Crippen molar-refractivity contribution in [2.45, 2.75) is 46.1 Å². The third-order valence-electron chi connectivity index (χ3n) is 3.49. The van der Waals surface area contributed by atoms with Crippen molar-refractivity contribution in [1.29, 1.82) is 0 Å². The van der Waals surface area contributed by atoms with Crippen molar-refractivity contribution in [1.82, 2.24) is 10.3 Å². The third kappa shape index (κ3) is 3.22. The second-order valence-electron chi connectivity index (χ2n) is 5.39. The van der Waals surface area contributed by atoms with Crippen molar-refractivity contribution in [3.05, 3.63) is 23.4 Å². The molecule has 1 aromatic heterocycles. The average Bonchev–Trinajstić information content (AvgIpc) is 2.89. The fourth-order valence-electron chi connectivity index (χ4n) is 2.37. The summed E-state index contributed by atoms with van der Waals surface area (Å²) in [7, 11) is 0. The Morgan fingerprint density at radius 2 is 2.00 bits per heavy atom. The predicted molar refractivity (Wildman–Crippen MR) is 77.2 cm³/mol. The number of nitrogens with zero attached hydrogens (tertiary/aromatic N) is 2. The van der Waals surface area contributed by atoms with Crippen molar-refractivity contribution in [2.75, 3.05) is 24.5 Å². The van der Waals surface area contributed by atoms with Crippen molar-refractivity contribution in [3.63, 3.8) is 0 Å². The molecule has 18 heavy (non-hydrogen) atoms. The molecule has 0 atom stereocenters. The Labute approximate surface area is 111 Å². The molecule has 1 aromatic rings. The van der Waals surface area contributed by atoms with Crippen molar-refractivity contribution < 1.29 is 0 Å². The molecule has 3 nitrogen and oxygen atoms in total. The number of pyridine rings is 1. The van der Waals surface area contributed by atoms with Gasteiger partial charge in [-0.15, -0.1) is 0 Å². The van der Waals surface area contributed by atoms with Gasteiger partial charge in [0, 0.05) is 25.3 Å². The van der Waals surface area contributed by atoms with E-state index in [-0.39, 0.29) is 0 Å². The molecule has 0 amide bonds. The number of aromatic nitrogens is 1. The molecular formula is C15H25N3. The Bertz CT molecular complexity index is 381. The highest BCUT2D eigenvalue weighted by atomic mass is 15.2. The Kier molecular flexibility index (Phi) is 4.59. The normalized spacial score (nSPS) is 15.7. The minimum atomic E-state index is 0.493. The number of hydrogen-bond donors (Lipinski definition) is 1. The molecule has 1 N–H and O–H groups in total. The molecule has 1 fully saturated rings. The zero-order valence-electron chi connectivity index (χ0n) is 11.9. The quantitative estimate of drug-likeness (QED) is 0.867. The Morgan fingerprint density at radius 3 is 2.61 bits per heavy atom. The fourth-order valence-corrected chi connectivity index (χ4v) is 2.37. The van der Waals surface area contributed by atoms with Crippen molar-refractivity contribution in [2.24, 2.45) is 0 Å². The van der Waals surface area contributed by atoms with E-state index < -0.39 is 0 Å². The molecule has 1 saturated heterocycles. The van der Waals surface area contributed by atoms with Crippen LogP contribution in [0.2, 0.25) is 0 Å². The molecule has 0 spiro atoms. The van der Waals surface area contributed by atoms with Gasteiger partial charge >= 0.3 is 0 Å². The van der Waals surface area contributed by atoms with E-state index in [9.17, 15) is 0 Å². The molecule has 0 aliphatic carbocycles. The monoisotopic (exact) mass is 247 g/mol. The molecule has 2 heterocycles. The van der Waals surface area contributed by atoms with Gasteiger partial charge in [-0.05, 0) is 43.0 Å². The van der Waals surface area contributed by atoms with E-state index in [1.165, 1.54) is 29.9 Å². The minimum Gasteiger partial charge on any atom is -0.357 e. The van der Waals surface area contributed by atoms with E-state index in [0.29, 0.717) is 5.92 Å². The topological polar surface area (TPSA) is 28.2 Å². The lowest BCUT2D eigenvalue weighted by atomic mass is 10.1. The van der Waals surface area contributed by atoms with Gasteiger partial charge in [-0.3, -0.25) is 0 Å². The lowest BCUT2D eigenvalue weighted by Crippen LogP contribution is -2.21. The SMILES string of the molecule is CCNCc1cc(C(C)C)nc(N2CCCC2)c1. The zero-order valence-corrected chi connectivity index (χ0v) is 11.9. The van der Waals surface area contributed by atoms with Crippen LogP contribution in [0.4, 0.5) is 5.82 Å². The largest absolute Gasteiger partial charge is 0.357 e. The number of hydrogen-bond acceptors (Lipinski definition) is 3. The van der Waals surface area contributed by atoms with Crippen LogP contribution in [0.1, 0.15) is 50.8 Å². The minimum absolute atomic E-state index is 0.493. The first kappa shape index (κ1) is 13.3. The molecule has 0 radical (unpaired) electrons. The van der Waals surface area contributed by atoms with Crippen molar-refractivity contribution >= 4 is 5.82 Å². The van der Waals surface area contributed by atoms with Gasteiger partial charge < -0.3 is 10.2 Å². The maximum atomic E-state index is 4.82. The van der Waals surface area contributed by atoms with Gasteiger partial charge in [-0.25, -0.2) is 4.98 Å². The van der Waals surface area contributed by atoms with E-state index in [2.05, 4.69) is 43.1 Å². The number of anilines is 1. The fraction of sp³-hybridized carbons (Fsp3) is 0.667. The van der Waals surface area contributed by atoms with Crippen LogP contribution in [-0.2, 0) is 6.54 Å². The summed E-state index contributed by atoms with van der Waals surface area (Å²) in [6.07, 6.45) is 2.60. The summed E-state index contributed by atoms with van der Waals surface area (Å²) in [5, 5.41) is 3.40. The molecule has 0 unspecified atom stereocenters. The second-order valence-corrected chi connectivity index (χ2v) is 5.39. The molecular weight excluding hydrogens is 222 g/mol. The molecule has 2 rings (SSSR count). The zero-order chi connectivity index (χ0) is 13.0. The van der Waals surface area contributed by atoms with E-state index in [4.69, 9.17) is 4.98 Å². The smallest absolute Gasteiger partial charge is 0.129 e. The highest BCUT2D eigenvalue weighted by Crippen LogP contribution is 2.23. The molecule has 1 aliphatic heterocycles. The van der Waals surface area contributed by atoms with Crippen LogP contribution < -0.4 is 10.2 Å².